The van der Waals surface area contributed by atoms with Gasteiger partial charge in [-0.15, -0.1) is 0 Å². The van der Waals surface area contributed by atoms with Gasteiger partial charge in [0, 0.05) is 5.69 Å². The molecular weight excluding hydrogens is 334 g/mol. The molecule has 0 bridgehead atoms. The Kier molecular flexibility index (Phi) is 4.78. The maximum absolute atomic E-state index is 12.3. The molecule has 8 heteroatoms. The Labute approximate surface area is 142 Å². The van der Waals surface area contributed by atoms with Crippen LogP contribution in [0.1, 0.15) is 12.8 Å². The predicted octanol–water partition coefficient (Wildman–Crippen LogP) is 2.18. The second-order valence-electron chi connectivity index (χ2n) is 5.87. The number of alkyl halides is 2. The molecule has 1 aliphatic heterocycles. The van der Waals surface area contributed by atoms with Gasteiger partial charge >= 0.3 is 6.61 Å². The van der Waals surface area contributed by atoms with E-state index in [1.165, 1.54) is 24.3 Å². The summed E-state index contributed by atoms with van der Waals surface area (Å²) in [7, 11) is 0. The van der Waals surface area contributed by atoms with Gasteiger partial charge in [-0.2, -0.15) is 8.78 Å². The summed E-state index contributed by atoms with van der Waals surface area (Å²) < 4.78 is 28.4. The molecule has 0 saturated carbocycles. The standard InChI is InChI=1S/C17H16F2N2O4/c18-17(19)25-11-7-5-10(6-8-11)20-14(22)9-21-15(23)12-3-1-2-4-13(12)16(21)24/h1-2,5-8,12-13,17H,3-4,9H2,(H,20,22)/t12-,13-/m0/s1. The summed E-state index contributed by atoms with van der Waals surface area (Å²) in [5, 5.41) is 2.53. The SMILES string of the molecule is O=C(CN1C(=O)[C@H]2CC=CC[C@@H]2C1=O)Nc1ccc(OC(F)F)cc1. The van der Waals surface area contributed by atoms with Crippen molar-refractivity contribution in [1.29, 1.82) is 0 Å². The number of anilines is 1. The third kappa shape index (κ3) is 3.67. The van der Waals surface area contributed by atoms with Crippen molar-refractivity contribution in [2.45, 2.75) is 19.5 Å². The lowest BCUT2D eigenvalue weighted by Crippen LogP contribution is -2.38. The van der Waals surface area contributed by atoms with Gasteiger partial charge in [-0.1, -0.05) is 12.2 Å². The molecule has 3 amide bonds. The average Bonchev–Trinajstić information content (AvgIpc) is 2.82. The molecule has 6 nitrogen and oxygen atoms in total. The molecule has 2 aliphatic rings. The summed E-state index contributed by atoms with van der Waals surface area (Å²) >= 11 is 0. The Morgan fingerprint density at radius 2 is 1.68 bits per heavy atom. The number of imide groups is 1. The number of likely N-dealkylation sites (tertiary alicyclic amines) is 1. The molecule has 0 spiro atoms. The first kappa shape index (κ1) is 17.1. The molecule has 1 aliphatic carbocycles. The molecule has 2 atom stereocenters. The number of carbonyl (C=O) groups excluding carboxylic acids is 3. The highest BCUT2D eigenvalue weighted by Gasteiger charge is 2.47. The Bertz CT molecular complexity index is 692. The summed E-state index contributed by atoms with van der Waals surface area (Å²) in [4.78, 5) is 37.7. The molecular formula is C17H16F2N2O4. The van der Waals surface area contributed by atoms with Gasteiger partial charge < -0.3 is 10.1 Å². The van der Waals surface area contributed by atoms with Gasteiger partial charge in [0.2, 0.25) is 17.7 Å². The average molecular weight is 350 g/mol. The van der Waals surface area contributed by atoms with Crippen molar-refractivity contribution in [3.8, 4) is 5.75 Å². The number of hydrogen-bond acceptors (Lipinski definition) is 4. The summed E-state index contributed by atoms with van der Waals surface area (Å²) in [6.45, 7) is -3.29. The van der Waals surface area contributed by atoms with E-state index in [0.717, 1.165) is 4.90 Å². The predicted molar refractivity (Wildman–Crippen MR) is 83.8 cm³/mol. The Balaban J connectivity index is 1.59. The fraction of sp³-hybridized carbons (Fsp3) is 0.353. The van der Waals surface area contributed by atoms with Crippen LogP contribution in [0.5, 0.6) is 5.75 Å². The summed E-state index contributed by atoms with van der Waals surface area (Å²) in [6.07, 6.45) is 4.77. The maximum atomic E-state index is 12.3. The molecule has 0 aromatic heterocycles. The topological polar surface area (TPSA) is 75.7 Å². The number of rotatable bonds is 5. The van der Waals surface area contributed by atoms with Crippen LogP contribution in [-0.4, -0.2) is 35.8 Å². The number of nitrogens with zero attached hydrogens (tertiary/aromatic N) is 1. The van der Waals surface area contributed by atoms with E-state index in [1.54, 1.807) is 0 Å². The first-order valence-corrected chi connectivity index (χ1v) is 7.80. The zero-order valence-electron chi connectivity index (χ0n) is 13.2. The van der Waals surface area contributed by atoms with Crippen molar-refractivity contribution in [1.82, 2.24) is 4.90 Å². The Morgan fingerprint density at radius 1 is 1.12 bits per heavy atom. The van der Waals surface area contributed by atoms with Crippen LogP contribution in [0.2, 0.25) is 0 Å². The highest BCUT2D eigenvalue weighted by atomic mass is 19.3. The second kappa shape index (κ2) is 7.00. The van der Waals surface area contributed by atoms with E-state index in [1.807, 2.05) is 12.2 Å². The van der Waals surface area contributed by atoms with Gasteiger partial charge in [0.05, 0.1) is 11.8 Å². The number of allylic oxidation sites excluding steroid dienone is 2. The zero-order chi connectivity index (χ0) is 18.0. The molecule has 25 heavy (non-hydrogen) atoms. The number of fused-ring (bicyclic) bond motifs is 1. The smallest absolute Gasteiger partial charge is 0.387 e. The number of hydrogen-bond donors (Lipinski definition) is 1. The second-order valence-corrected chi connectivity index (χ2v) is 5.87. The number of benzene rings is 1. The highest BCUT2D eigenvalue weighted by molar-refractivity contribution is 6.08. The lowest BCUT2D eigenvalue weighted by atomic mass is 9.85. The van der Waals surface area contributed by atoms with Crippen LogP contribution in [0.15, 0.2) is 36.4 Å². The van der Waals surface area contributed by atoms with E-state index < -0.39 is 12.5 Å². The van der Waals surface area contributed by atoms with Crippen molar-refractivity contribution in [2.24, 2.45) is 11.8 Å². The summed E-state index contributed by atoms with van der Waals surface area (Å²) in [5.74, 6) is -1.97. The van der Waals surface area contributed by atoms with E-state index in [2.05, 4.69) is 10.1 Å². The van der Waals surface area contributed by atoms with Crippen LogP contribution in [0.4, 0.5) is 14.5 Å². The first-order chi connectivity index (χ1) is 12.0. The Hall–Kier alpha value is -2.77. The number of nitrogens with one attached hydrogen (secondary N) is 1. The molecule has 1 saturated heterocycles. The third-order valence-corrected chi connectivity index (χ3v) is 4.26. The quantitative estimate of drug-likeness (QED) is 0.652. The molecule has 0 radical (unpaired) electrons. The monoisotopic (exact) mass is 350 g/mol. The van der Waals surface area contributed by atoms with E-state index >= 15 is 0 Å². The molecule has 1 N–H and O–H groups in total. The van der Waals surface area contributed by atoms with Gasteiger partial charge in [-0.3, -0.25) is 19.3 Å². The van der Waals surface area contributed by atoms with E-state index in [-0.39, 0.29) is 35.9 Å². The van der Waals surface area contributed by atoms with Crippen LogP contribution in [0, 0.1) is 11.8 Å². The number of amides is 3. The van der Waals surface area contributed by atoms with Gasteiger partial charge in [0.25, 0.3) is 0 Å². The van der Waals surface area contributed by atoms with Crippen molar-refractivity contribution in [3.63, 3.8) is 0 Å². The van der Waals surface area contributed by atoms with Crippen molar-refractivity contribution >= 4 is 23.4 Å². The van der Waals surface area contributed by atoms with Crippen molar-refractivity contribution in [3.05, 3.63) is 36.4 Å². The third-order valence-electron chi connectivity index (χ3n) is 4.26. The molecule has 3 rings (SSSR count). The zero-order valence-corrected chi connectivity index (χ0v) is 13.2. The minimum Gasteiger partial charge on any atom is -0.435 e. The normalized spacial score (nSPS) is 22.3. The van der Waals surface area contributed by atoms with E-state index in [0.29, 0.717) is 18.5 Å². The lowest BCUT2D eigenvalue weighted by molar-refractivity contribution is -0.142. The molecule has 1 aromatic rings. The lowest BCUT2D eigenvalue weighted by Gasteiger charge is -2.14. The van der Waals surface area contributed by atoms with Crippen LogP contribution in [0.3, 0.4) is 0 Å². The molecule has 1 aromatic carbocycles. The fourth-order valence-electron chi connectivity index (χ4n) is 3.09. The fourth-order valence-corrected chi connectivity index (χ4v) is 3.09. The largest absolute Gasteiger partial charge is 0.435 e. The molecule has 1 heterocycles. The summed E-state index contributed by atoms with van der Waals surface area (Å²) in [5.41, 5.74) is 0.352. The molecule has 0 unspecified atom stereocenters. The number of halogens is 2. The van der Waals surface area contributed by atoms with E-state index in [4.69, 9.17) is 0 Å². The van der Waals surface area contributed by atoms with Crippen molar-refractivity contribution < 1.29 is 27.9 Å². The number of ether oxygens (including phenoxy) is 1. The minimum absolute atomic E-state index is 0.0329. The van der Waals surface area contributed by atoms with Gasteiger partial charge in [-0.05, 0) is 37.1 Å². The molecule has 132 valence electrons. The minimum atomic E-state index is -2.93. The highest BCUT2D eigenvalue weighted by Crippen LogP contribution is 2.34. The summed E-state index contributed by atoms with van der Waals surface area (Å²) in [6, 6.07) is 5.36. The van der Waals surface area contributed by atoms with Gasteiger partial charge in [0.15, 0.2) is 0 Å². The van der Waals surface area contributed by atoms with Crippen LogP contribution >= 0.6 is 0 Å². The van der Waals surface area contributed by atoms with Gasteiger partial charge in [0.1, 0.15) is 12.3 Å². The van der Waals surface area contributed by atoms with Crippen LogP contribution < -0.4 is 10.1 Å². The van der Waals surface area contributed by atoms with E-state index in [9.17, 15) is 23.2 Å². The Morgan fingerprint density at radius 3 is 2.20 bits per heavy atom. The maximum Gasteiger partial charge on any atom is 0.387 e. The van der Waals surface area contributed by atoms with Crippen LogP contribution in [-0.2, 0) is 14.4 Å². The first-order valence-electron chi connectivity index (χ1n) is 7.80. The molecule has 1 fully saturated rings. The number of carbonyl (C=O) groups is 3. The van der Waals surface area contributed by atoms with Crippen LogP contribution in [0.25, 0.3) is 0 Å². The van der Waals surface area contributed by atoms with Crippen molar-refractivity contribution in [2.75, 3.05) is 11.9 Å². The van der Waals surface area contributed by atoms with Gasteiger partial charge in [-0.25, -0.2) is 0 Å².